The Labute approximate surface area is 206 Å². The van der Waals surface area contributed by atoms with E-state index < -0.39 is 11.9 Å². The zero-order chi connectivity index (χ0) is 25.1. The summed E-state index contributed by atoms with van der Waals surface area (Å²) in [6.45, 7) is 7.99. The third kappa shape index (κ3) is 4.34. The van der Waals surface area contributed by atoms with Gasteiger partial charge in [0.1, 0.15) is 0 Å². The highest BCUT2D eigenvalue weighted by atomic mass is 16.4. The van der Waals surface area contributed by atoms with Crippen molar-refractivity contribution in [2.75, 3.05) is 0 Å². The molecule has 180 valence electrons. The van der Waals surface area contributed by atoms with Crippen LogP contribution in [0.3, 0.4) is 0 Å². The van der Waals surface area contributed by atoms with Crippen LogP contribution in [0.1, 0.15) is 66.3 Å². The Kier molecular flexibility index (Phi) is 7.06. The Hall–Kier alpha value is -3.86. The molecule has 2 aromatic heterocycles. The number of aliphatic carboxylic acids is 1. The molecule has 0 aliphatic heterocycles. The molecule has 4 rings (SSSR count). The first-order valence-corrected chi connectivity index (χ1v) is 12.2. The van der Waals surface area contributed by atoms with E-state index in [0.29, 0.717) is 11.1 Å². The maximum Gasteiger partial charge on any atom is 0.311 e. The lowest BCUT2D eigenvalue weighted by atomic mass is 9.89. The van der Waals surface area contributed by atoms with Gasteiger partial charge in [-0.2, -0.15) is 0 Å². The van der Waals surface area contributed by atoms with Crippen molar-refractivity contribution in [2.24, 2.45) is 0 Å². The van der Waals surface area contributed by atoms with Crippen LogP contribution in [0.5, 0.6) is 0 Å². The fourth-order valence-corrected chi connectivity index (χ4v) is 5.01. The van der Waals surface area contributed by atoms with Gasteiger partial charge < -0.3 is 14.2 Å². The molecule has 2 heterocycles. The summed E-state index contributed by atoms with van der Waals surface area (Å²) >= 11 is 0. The average molecular weight is 469 g/mol. The van der Waals surface area contributed by atoms with Gasteiger partial charge in [-0.25, -0.2) is 0 Å². The average Bonchev–Trinajstić information content (AvgIpc) is 3.29. The lowest BCUT2D eigenvalue weighted by Gasteiger charge is -2.14. The van der Waals surface area contributed by atoms with E-state index in [1.807, 2.05) is 90.0 Å². The Morgan fingerprint density at radius 3 is 1.91 bits per heavy atom. The predicted octanol–water partition coefficient (Wildman–Crippen LogP) is 7.42. The summed E-state index contributed by atoms with van der Waals surface area (Å²) in [7, 11) is 0. The Morgan fingerprint density at radius 2 is 1.34 bits per heavy atom. The Morgan fingerprint density at radius 1 is 0.829 bits per heavy atom. The van der Waals surface area contributed by atoms with Gasteiger partial charge in [-0.3, -0.25) is 9.59 Å². The van der Waals surface area contributed by atoms with Crippen molar-refractivity contribution >= 4 is 46.0 Å². The molecule has 0 amide bonds. The molecule has 5 heteroatoms. The molecule has 4 aromatic rings. The minimum absolute atomic E-state index is 0.103. The van der Waals surface area contributed by atoms with E-state index in [4.69, 9.17) is 0 Å². The number of benzene rings is 2. The number of carboxylic acid groups (broad SMARTS) is 1. The lowest BCUT2D eigenvalue weighted by Crippen LogP contribution is -2.17. The van der Waals surface area contributed by atoms with E-state index in [1.54, 1.807) is 0 Å². The molecule has 35 heavy (non-hydrogen) atoms. The van der Waals surface area contributed by atoms with Crippen LogP contribution in [0.25, 0.3) is 34.2 Å². The highest BCUT2D eigenvalue weighted by molar-refractivity contribution is 6.11. The molecule has 1 N–H and O–H groups in total. The lowest BCUT2D eigenvalue weighted by molar-refractivity contribution is -0.138. The summed E-state index contributed by atoms with van der Waals surface area (Å²) < 4.78 is 4.05. The number of Topliss-reactive ketones (excluding diaryl/α,β-unsaturated/α-hetero) is 1. The molecule has 0 saturated carbocycles. The van der Waals surface area contributed by atoms with Gasteiger partial charge >= 0.3 is 5.97 Å². The summed E-state index contributed by atoms with van der Waals surface area (Å²) in [6.07, 6.45) is 9.72. The van der Waals surface area contributed by atoms with E-state index in [0.717, 1.165) is 46.0 Å². The van der Waals surface area contributed by atoms with Crippen LogP contribution < -0.4 is 0 Å². The maximum absolute atomic E-state index is 13.8. The number of carbonyl (C=O) groups excluding carboxylic acids is 1. The van der Waals surface area contributed by atoms with Crippen molar-refractivity contribution in [3.8, 4) is 0 Å². The fourth-order valence-electron chi connectivity index (χ4n) is 5.01. The zero-order valence-corrected chi connectivity index (χ0v) is 20.8. The van der Waals surface area contributed by atoms with Crippen molar-refractivity contribution in [1.82, 2.24) is 9.13 Å². The summed E-state index contributed by atoms with van der Waals surface area (Å²) in [6, 6.07) is 15.6. The number of hydrogen-bond donors (Lipinski definition) is 1. The number of allylic oxidation sites excluding steroid dienone is 2. The molecule has 0 aliphatic carbocycles. The van der Waals surface area contributed by atoms with Crippen molar-refractivity contribution in [3.63, 3.8) is 0 Å². The maximum atomic E-state index is 13.8. The quantitative estimate of drug-likeness (QED) is 0.260. The summed E-state index contributed by atoms with van der Waals surface area (Å²) in [4.78, 5) is 26.3. The summed E-state index contributed by atoms with van der Waals surface area (Å²) in [5, 5.41) is 12.0. The number of aromatic nitrogens is 2. The van der Waals surface area contributed by atoms with Gasteiger partial charge in [0.2, 0.25) is 0 Å². The topological polar surface area (TPSA) is 64.2 Å². The summed E-state index contributed by atoms with van der Waals surface area (Å²) in [5.41, 5.74) is 4.87. The second-order valence-corrected chi connectivity index (χ2v) is 8.84. The molecule has 2 aromatic carbocycles. The Balaban J connectivity index is 1.83. The molecular formula is C30H32N2O3. The van der Waals surface area contributed by atoms with Gasteiger partial charge in [0.25, 0.3) is 0 Å². The minimum atomic E-state index is -0.990. The molecule has 0 radical (unpaired) electrons. The van der Waals surface area contributed by atoms with Crippen LogP contribution in [-0.2, 0) is 4.79 Å². The van der Waals surface area contributed by atoms with Crippen LogP contribution in [0.4, 0.5) is 0 Å². The molecular weight excluding hydrogens is 436 g/mol. The van der Waals surface area contributed by atoms with Crippen LogP contribution in [0.15, 0.2) is 60.7 Å². The fraction of sp³-hybridized carbons (Fsp3) is 0.267. The van der Waals surface area contributed by atoms with E-state index in [1.165, 1.54) is 0 Å². The first-order valence-electron chi connectivity index (χ1n) is 12.2. The molecule has 5 nitrogen and oxygen atoms in total. The molecule has 0 fully saturated rings. The standard InChI is InChI=1S/C30H32N2O3/c1-5-7-17-31-20(3)28(22-13-9-11-15-25(22)31)24(30(34)35)19-27(33)29-21(4)32(18-8-6-2)26-16-12-10-14-23(26)29/h7-18,24H,5-6,19H2,1-4H3,(H,34,35). The van der Waals surface area contributed by atoms with E-state index in [-0.39, 0.29) is 12.2 Å². The molecule has 0 spiro atoms. The molecule has 0 saturated heterocycles. The van der Waals surface area contributed by atoms with Gasteiger partial charge in [0, 0.05) is 46.5 Å². The number of hydrogen-bond acceptors (Lipinski definition) is 2. The third-order valence-electron chi connectivity index (χ3n) is 6.66. The van der Waals surface area contributed by atoms with Crippen molar-refractivity contribution < 1.29 is 14.7 Å². The van der Waals surface area contributed by atoms with Crippen molar-refractivity contribution in [3.05, 3.63) is 83.2 Å². The third-order valence-corrected chi connectivity index (χ3v) is 6.66. The number of carbonyl (C=O) groups is 2. The van der Waals surface area contributed by atoms with E-state index in [9.17, 15) is 14.7 Å². The second-order valence-electron chi connectivity index (χ2n) is 8.84. The first kappa shape index (κ1) is 24.3. The Bertz CT molecular complexity index is 1470. The van der Waals surface area contributed by atoms with Crippen molar-refractivity contribution in [2.45, 2.75) is 52.9 Å². The molecule has 0 aliphatic rings. The van der Waals surface area contributed by atoms with Crippen LogP contribution >= 0.6 is 0 Å². The first-order chi connectivity index (χ1) is 16.9. The van der Waals surface area contributed by atoms with Crippen LogP contribution in [-0.4, -0.2) is 26.0 Å². The monoisotopic (exact) mass is 468 g/mol. The number of para-hydroxylation sites is 2. The SMILES string of the molecule is CCC=Cn1c(C)c(C(=O)CC(C(=O)O)c2c(C)n(C=CCC)c3ccccc23)c2ccccc21. The van der Waals surface area contributed by atoms with E-state index in [2.05, 4.69) is 19.9 Å². The normalized spacial score (nSPS) is 12.9. The van der Waals surface area contributed by atoms with Gasteiger partial charge in [-0.1, -0.05) is 62.4 Å². The minimum Gasteiger partial charge on any atom is -0.481 e. The van der Waals surface area contributed by atoms with Crippen molar-refractivity contribution in [1.29, 1.82) is 0 Å². The summed E-state index contributed by atoms with van der Waals surface area (Å²) in [5.74, 6) is -2.09. The number of fused-ring (bicyclic) bond motifs is 2. The van der Waals surface area contributed by atoms with Gasteiger partial charge in [0.05, 0.1) is 17.0 Å². The predicted molar refractivity (Wildman–Crippen MR) is 144 cm³/mol. The number of carboxylic acids is 1. The van der Waals surface area contributed by atoms with Crippen LogP contribution in [0, 0.1) is 13.8 Å². The van der Waals surface area contributed by atoms with Gasteiger partial charge in [-0.05, 0) is 44.4 Å². The number of nitrogens with zero attached hydrogens (tertiary/aromatic N) is 2. The second kappa shape index (κ2) is 10.2. The number of rotatable bonds is 9. The van der Waals surface area contributed by atoms with Gasteiger partial charge in [0.15, 0.2) is 5.78 Å². The van der Waals surface area contributed by atoms with E-state index >= 15 is 0 Å². The number of ketones is 1. The van der Waals surface area contributed by atoms with Crippen LogP contribution in [0.2, 0.25) is 0 Å². The zero-order valence-electron chi connectivity index (χ0n) is 20.8. The van der Waals surface area contributed by atoms with Gasteiger partial charge in [-0.15, -0.1) is 0 Å². The molecule has 0 bridgehead atoms. The highest BCUT2D eigenvalue weighted by Crippen LogP contribution is 2.36. The smallest absolute Gasteiger partial charge is 0.311 e. The molecule has 1 unspecified atom stereocenters. The molecule has 1 atom stereocenters. The highest BCUT2D eigenvalue weighted by Gasteiger charge is 2.31. The largest absolute Gasteiger partial charge is 0.481 e.